The normalized spacial score (nSPS) is 10.5. The highest BCUT2D eigenvalue weighted by Crippen LogP contribution is 2.21. The molecule has 3 rings (SSSR count). The first-order valence-electron chi connectivity index (χ1n) is 8.11. The van der Waals surface area contributed by atoms with Crippen LogP contribution >= 0.6 is 0 Å². The lowest BCUT2D eigenvalue weighted by molar-refractivity contribution is 0.335. The summed E-state index contributed by atoms with van der Waals surface area (Å²) in [5, 5.41) is 4.28. The van der Waals surface area contributed by atoms with Crippen molar-refractivity contribution in [3.63, 3.8) is 0 Å². The topological polar surface area (TPSA) is 51.1 Å². The SMILES string of the molecule is CCOc1ccc(CNNc2ccccc2)cc1Cn1cccn1. The quantitative estimate of drug-likeness (QED) is 0.624. The van der Waals surface area contributed by atoms with Crippen LogP contribution in [0.4, 0.5) is 5.69 Å². The molecule has 5 heteroatoms. The highest BCUT2D eigenvalue weighted by atomic mass is 16.5. The summed E-state index contributed by atoms with van der Waals surface area (Å²) >= 11 is 0. The number of anilines is 1. The molecule has 3 aromatic rings. The molecule has 2 aromatic carbocycles. The summed E-state index contributed by atoms with van der Waals surface area (Å²) in [6.45, 7) is 4.06. The summed E-state index contributed by atoms with van der Waals surface area (Å²) in [6.07, 6.45) is 3.74. The number of rotatable bonds is 8. The number of benzene rings is 2. The predicted molar refractivity (Wildman–Crippen MR) is 95.8 cm³/mol. The summed E-state index contributed by atoms with van der Waals surface area (Å²) in [6, 6.07) is 18.2. The molecule has 0 aliphatic carbocycles. The van der Waals surface area contributed by atoms with Crippen molar-refractivity contribution in [2.45, 2.75) is 20.0 Å². The monoisotopic (exact) mass is 322 g/mol. The van der Waals surface area contributed by atoms with E-state index in [9.17, 15) is 0 Å². The van der Waals surface area contributed by atoms with Crippen molar-refractivity contribution in [2.24, 2.45) is 0 Å². The molecule has 0 aliphatic rings. The Bertz CT molecular complexity index is 741. The third-order valence-electron chi connectivity index (χ3n) is 3.62. The van der Waals surface area contributed by atoms with Crippen molar-refractivity contribution in [3.05, 3.63) is 78.1 Å². The Morgan fingerprint density at radius 2 is 1.96 bits per heavy atom. The zero-order valence-electron chi connectivity index (χ0n) is 13.8. The number of nitrogens with one attached hydrogen (secondary N) is 2. The van der Waals surface area contributed by atoms with Crippen LogP contribution in [0.25, 0.3) is 0 Å². The van der Waals surface area contributed by atoms with Crippen molar-refractivity contribution in [2.75, 3.05) is 12.0 Å². The van der Waals surface area contributed by atoms with Gasteiger partial charge in [0.1, 0.15) is 5.75 Å². The Labute approximate surface area is 142 Å². The van der Waals surface area contributed by atoms with Crippen molar-refractivity contribution in [1.29, 1.82) is 0 Å². The molecule has 1 heterocycles. The van der Waals surface area contributed by atoms with Gasteiger partial charge >= 0.3 is 0 Å². The van der Waals surface area contributed by atoms with Crippen LogP contribution < -0.4 is 15.6 Å². The fourth-order valence-electron chi connectivity index (χ4n) is 2.50. The molecule has 0 aliphatic heterocycles. The molecule has 0 saturated carbocycles. The molecule has 0 bridgehead atoms. The zero-order valence-corrected chi connectivity index (χ0v) is 13.8. The van der Waals surface area contributed by atoms with Crippen LogP contribution in [0.2, 0.25) is 0 Å². The molecule has 0 unspecified atom stereocenters. The van der Waals surface area contributed by atoms with Crippen molar-refractivity contribution in [1.82, 2.24) is 15.2 Å². The van der Waals surface area contributed by atoms with E-state index in [1.165, 1.54) is 5.56 Å². The summed E-state index contributed by atoms with van der Waals surface area (Å²) in [5.41, 5.74) is 9.79. The van der Waals surface area contributed by atoms with Crippen LogP contribution in [0.5, 0.6) is 5.75 Å². The minimum Gasteiger partial charge on any atom is -0.494 e. The van der Waals surface area contributed by atoms with E-state index < -0.39 is 0 Å². The fraction of sp³-hybridized carbons (Fsp3) is 0.211. The van der Waals surface area contributed by atoms with Gasteiger partial charge in [-0.1, -0.05) is 24.3 Å². The largest absolute Gasteiger partial charge is 0.494 e. The summed E-state index contributed by atoms with van der Waals surface area (Å²) < 4.78 is 7.64. The minimum absolute atomic E-state index is 0.652. The maximum Gasteiger partial charge on any atom is 0.124 e. The van der Waals surface area contributed by atoms with Gasteiger partial charge in [-0.2, -0.15) is 5.10 Å². The molecule has 1 aromatic heterocycles. The van der Waals surface area contributed by atoms with Gasteiger partial charge < -0.3 is 10.2 Å². The van der Waals surface area contributed by atoms with Crippen molar-refractivity contribution < 1.29 is 4.74 Å². The first-order chi connectivity index (χ1) is 11.8. The molecule has 0 saturated heterocycles. The molecule has 0 fully saturated rings. The average Bonchev–Trinajstić information content (AvgIpc) is 3.11. The van der Waals surface area contributed by atoms with Crippen LogP contribution in [0, 0.1) is 0 Å². The molecule has 0 radical (unpaired) electrons. The summed E-state index contributed by atoms with van der Waals surface area (Å²) in [7, 11) is 0. The highest BCUT2D eigenvalue weighted by Gasteiger charge is 2.06. The van der Waals surface area contributed by atoms with E-state index in [-0.39, 0.29) is 0 Å². The van der Waals surface area contributed by atoms with Crippen LogP contribution in [0.1, 0.15) is 18.1 Å². The number of nitrogens with zero attached hydrogens (tertiary/aromatic N) is 2. The van der Waals surface area contributed by atoms with Crippen molar-refractivity contribution in [3.8, 4) is 5.75 Å². The molecule has 124 valence electrons. The van der Waals surface area contributed by atoms with E-state index in [2.05, 4.69) is 28.1 Å². The van der Waals surface area contributed by atoms with Gasteiger partial charge in [0, 0.05) is 30.2 Å². The summed E-state index contributed by atoms with van der Waals surface area (Å²) in [4.78, 5) is 0. The van der Waals surface area contributed by atoms with E-state index in [0.717, 1.165) is 17.0 Å². The number of hydrogen-bond donors (Lipinski definition) is 2. The smallest absolute Gasteiger partial charge is 0.124 e. The number of ether oxygens (including phenoxy) is 1. The van der Waals surface area contributed by atoms with Gasteiger partial charge in [0.25, 0.3) is 0 Å². The molecular formula is C19H22N4O. The van der Waals surface area contributed by atoms with Gasteiger partial charge in [-0.05, 0) is 42.8 Å². The van der Waals surface area contributed by atoms with E-state index in [1.807, 2.05) is 60.3 Å². The lowest BCUT2D eigenvalue weighted by atomic mass is 10.1. The van der Waals surface area contributed by atoms with Crippen LogP contribution in [0.3, 0.4) is 0 Å². The van der Waals surface area contributed by atoms with Gasteiger partial charge in [0.2, 0.25) is 0 Å². The van der Waals surface area contributed by atoms with Gasteiger partial charge in [0.15, 0.2) is 0 Å². The summed E-state index contributed by atoms with van der Waals surface area (Å²) in [5.74, 6) is 0.910. The van der Waals surface area contributed by atoms with Gasteiger partial charge in [0.05, 0.1) is 13.2 Å². The van der Waals surface area contributed by atoms with E-state index in [4.69, 9.17) is 4.74 Å². The Morgan fingerprint density at radius 1 is 1.08 bits per heavy atom. The van der Waals surface area contributed by atoms with Crippen LogP contribution in [-0.4, -0.2) is 16.4 Å². The highest BCUT2D eigenvalue weighted by molar-refractivity contribution is 5.42. The third kappa shape index (κ3) is 4.36. The first kappa shape index (κ1) is 16.1. The van der Waals surface area contributed by atoms with Gasteiger partial charge in [-0.15, -0.1) is 0 Å². The predicted octanol–water partition coefficient (Wildman–Crippen LogP) is 3.45. The Morgan fingerprint density at radius 3 is 2.71 bits per heavy atom. The average molecular weight is 322 g/mol. The standard InChI is InChI=1S/C19H22N4O/c1-2-24-19-10-9-16(13-17(19)15-23-12-6-11-21-23)14-20-22-18-7-4-3-5-8-18/h3-13,20,22H,2,14-15H2,1H3. The van der Waals surface area contributed by atoms with E-state index in [0.29, 0.717) is 19.7 Å². The number of hydrogen-bond acceptors (Lipinski definition) is 4. The fourth-order valence-corrected chi connectivity index (χ4v) is 2.50. The lowest BCUT2D eigenvalue weighted by Crippen LogP contribution is -2.21. The molecular weight excluding hydrogens is 300 g/mol. The molecule has 24 heavy (non-hydrogen) atoms. The Balaban J connectivity index is 1.67. The van der Waals surface area contributed by atoms with E-state index >= 15 is 0 Å². The van der Waals surface area contributed by atoms with E-state index in [1.54, 1.807) is 6.20 Å². The second-order valence-electron chi connectivity index (χ2n) is 5.42. The second kappa shape index (κ2) is 8.17. The van der Waals surface area contributed by atoms with Gasteiger partial charge in [-0.25, -0.2) is 5.43 Å². The van der Waals surface area contributed by atoms with Crippen LogP contribution in [-0.2, 0) is 13.1 Å². The molecule has 0 amide bonds. The Hall–Kier alpha value is -2.79. The van der Waals surface area contributed by atoms with Gasteiger partial charge in [-0.3, -0.25) is 4.68 Å². The maximum absolute atomic E-state index is 5.74. The minimum atomic E-state index is 0.652. The second-order valence-corrected chi connectivity index (χ2v) is 5.42. The van der Waals surface area contributed by atoms with Crippen molar-refractivity contribution >= 4 is 5.69 Å². The molecule has 5 nitrogen and oxygen atoms in total. The molecule has 2 N–H and O–H groups in total. The molecule has 0 spiro atoms. The zero-order chi connectivity index (χ0) is 16.6. The van der Waals surface area contributed by atoms with Crippen LogP contribution in [0.15, 0.2) is 67.0 Å². The maximum atomic E-state index is 5.74. The lowest BCUT2D eigenvalue weighted by Gasteiger charge is -2.13. The third-order valence-corrected chi connectivity index (χ3v) is 3.62. The number of para-hydroxylation sites is 1. The Kier molecular flexibility index (Phi) is 5.48. The first-order valence-corrected chi connectivity index (χ1v) is 8.11. The number of aromatic nitrogens is 2. The molecule has 0 atom stereocenters. The number of hydrazine groups is 1.